The molecule has 2 nitrogen and oxygen atoms in total. The van der Waals surface area contributed by atoms with Gasteiger partial charge in [-0.05, 0) is 18.9 Å². The maximum atomic E-state index is 13.4. The minimum atomic E-state index is -1.33. The number of hydrogen-bond donors (Lipinski definition) is 1. The zero-order chi connectivity index (χ0) is 12.3. The minimum absolute atomic E-state index is 0.00574. The standard InChI is InChI=1S/C10H10F3NOS/c1-16-10-6(11)4-5(7(15)2-3-14)8(12)9(10)13/h4H,2-3,14H2,1H3. The molecule has 88 valence electrons. The molecule has 0 heterocycles. The molecule has 0 fully saturated rings. The molecular formula is C10H10F3NOS. The molecule has 2 N–H and O–H groups in total. The highest BCUT2D eigenvalue weighted by atomic mass is 32.2. The van der Waals surface area contributed by atoms with Gasteiger partial charge in [-0.1, -0.05) is 0 Å². The maximum Gasteiger partial charge on any atom is 0.176 e. The Labute approximate surface area is 95.0 Å². The second-order valence-electron chi connectivity index (χ2n) is 3.03. The van der Waals surface area contributed by atoms with Crippen LogP contribution in [0.15, 0.2) is 11.0 Å². The van der Waals surface area contributed by atoms with E-state index in [2.05, 4.69) is 0 Å². The summed E-state index contributed by atoms with van der Waals surface area (Å²) in [5, 5.41) is 0. The lowest BCUT2D eigenvalue weighted by molar-refractivity contribution is 0.0979. The Hall–Kier alpha value is -1.01. The zero-order valence-electron chi connectivity index (χ0n) is 8.52. The average Bonchev–Trinajstić information content (AvgIpc) is 2.24. The van der Waals surface area contributed by atoms with E-state index in [0.717, 1.165) is 11.8 Å². The van der Waals surface area contributed by atoms with Gasteiger partial charge in [-0.3, -0.25) is 4.79 Å². The number of ketones is 1. The van der Waals surface area contributed by atoms with Crippen molar-refractivity contribution in [2.24, 2.45) is 5.73 Å². The van der Waals surface area contributed by atoms with E-state index in [1.807, 2.05) is 0 Å². The Bertz CT molecular complexity index is 423. The summed E-state index contributed by atoms with van der Waals surface area (Å²) >= 11 is 0.744. The summed E-state index contributed by atoms with van der Waals surface area (Å²) in [6.07, 6.45) is 1.27. The summed E-state index contributed by atoms with van der Waals surface area (Å²) < 4.78 is 40.0. The maximum absolute atomic E-state index is 13.4. The van der Waals surface area contributed by atoms with Gasteiger partial charge in [0, 0.05) is 6.42 Å². The van der Waals surface area contributed by atoms with Crippen LogP contribution in [0, 0.1) is 17.5 Å². The third kappa shape index (κ3) is 2.38. The van der Waals surface area contributed by atoms with Gasteiger partial charge in [0.2, 0.25) is 0 Å². The van der Waals surface area contributed by atoms with Crippen LogP contribution in [0.4, 0.5) is 13.2 Å². The van der Waals surface area contributed by atoms with Crippen molar-refractivity contribution in [3.63, 3.8) is 0 Å². The third-order valence-electron chi connectivity index (χ3n) is 1.99. The van der Waals surface area contributed by atoms with E-state index in [4.69, 9.17) is 5.73 Å². The van der Waals surface area contributed by atoms with Gasteiger partial charge in [0.05, 0.1) is 10.5 Å². The summed E-state index contributed by atoms with van der Waals surface area (Å²) in [4.78, 5) is 10.9. The number of halogens is 3. The lowest BCUT2D eigenvalue weighted by Crippen LogP contribution is -2.12. The van der Waals surface area contributed by atoms with Crippen molar-refractivity contribution in [2.75, 3.05) is 12.8 Å². The van der Waals surface area contributed by atoms with Gasteiger partial charge in [0.25, 0.3) is 0 Å². The van der Waals surface area contributed by atoms with Crippen LogP contribution in [0.5, 0.6) is 0 Å². The molecule has 0 atom stereocenters. The quantitative estimate of drug-likeness (QED) is 0.506. The smallest absolute Gasteiger partial charge is 0.176 e. The molecule has 0 saturated heterocycles. The van der Waals surface area contributed by atoms with Crippen LogP contribution in [0.25, 0.3) is 0 Å². The number of carbonyl (C=O) groups excluding carboxylic acids is 1. The van der Waals surface area contributed by atoms with Crippen molar-refractivity contribution in [2.45, 2.75) is 11.3 Å². The molecular weight excluding hydrogens is 239 g/mol. The molecule has 0 unspecified atom stereocenters. The van der Waals surface area contributed by atoms with Gasteiger partial charge in [0.1, 0.15) is 5.82 Å². The molecule has 1 rings (SSSR count). The van der Waals surface area contributed by atoms with Gasteiger partial charge >= 0.3 is 0 Å². The first-order valence-corrected chi connectivity index (χ1v) is 5.70. The fraction of sp³-hybridized carbons (Fsp3) is 0.300. The number of nitrogens with two attached hydrogens (primary N) is 1. The van der Waals surface area contributed by atoms with Gasteiger partial charge in [-0.15, -0.1) is 11.8 Å². The second-order valence-corrected chi connectivity index (χ2v) is 3.85. The minimum Gasteiger partial charge on any atom is -0.330 e. The monoisotopic (exact) mass is 249 g/mol. The third-order valence-corrected chi connectivity index (χ3v) is 2.77. The molecule has 0 amide bonds. The van der Waals surface area contributed by atoms with Gasteiger partial charge in [-0.25, -0.2) is 13.2 Å². The molecule has 0 aliphatic rings. The van der Waals surface area contributed by atoms with Gasteiger partial charge in [0.15, 0.2) is 17.4 Å². The summed E-state index contributed by atoms with van der Waals surface area (Å²) in [7, 11) is 0. The Morgan fingerprint density at radius 3 is 2.50 bits per heavy atom. The van der Waals surface area contributed by atoms with Crippen molar-refractivity contribution in [1.29, 1.82) is 0 Å². The van der Waals surface area contributed by atoms with Crippen LogP contribution in [0.1, 0.15) is 16.8 Å². The fourth-order valence-corrected chi connectivity index (χ4v) is 1.76. The van der Waals surface area contributed by atoms with Crippen LogP contribution < -0.4 is 5.73 Å². The van der Waals surface area contributed by atoms with Crippen LogP contribution in [0.3, 0.4) is 0 Å². The first kappa shape index (κ1) is 13.1. The van der Waals surface area contributed by atoms with Crippen LogP contribution in [0.2, 0.25) is 0 Å². The van der Waals surface area contributed by atoms with Crippen molar-refractivity contribution in [1.82, 2.24) is 0 Å². The van der Waals surface area contributed by atoms with E-state index >= 15 is 0 Å². The van der Waals surface area contributed by atoms with Crippen molar-refractivity contribution in [3.8, 4) is 0 Å². The Balaban J connectivity index is 3.28. The molecule has 0 aliphatic carbocycles. The highest BCUT2D eigenvalue weighted by Gasteiger charge is 2.21. The van der Waals surface area contributed by atoms with E-state index < -0.39 is 33.7 Å². The molecule has 16 heavy (non-hydrogen) atoms. The number of rotatable bonds is 4. The molecule has 6 heteroatoms. The topological polar surface area (TPSA) is 43.1 Å². The van der Waals surface area contributed by atoms with Gasteiger partial charge in [-0.2, -0.15) is 0 Å². The largest absolute Gasteiger partial charge is 0.330 e. The predicted octanol–water partition coefficient (Wildman–Crippen LogP) is 2.36. The van der Waals surface area contributed by atoms with E-state index in [9.17, 15) is 18.0 Å². The van der Waals surface area contributed by atoms with E-state index in [1.54, 1.807) is 0 Å². The zero-order valence-corrected chi connectivity index (χ0v) is 9.34. The fourth-order valence-electron chi connectivity index (χ4n) is 1.23. The highest BCUT2D eigenvalue weighted by molar-refractivity contribution is 7.98. The van der Waals surface area contributed by atoms with Gasteiger partial charge < -0.3 is 5.73 Å². The summed E-state index contributed by atoms with van der Waals surface area (Å²) in [5.41, 5.74) is 4.53. The van der Waals surface area contributed by atoms with E-state index in [-0.39, 0.29) is 13.0 Å². The van der Waals surface area contributed by atoms with Crippen LogP contribution in [-0.4, -0.2) is 18.6 Å². The van der Waals surface area contributed by atoms with E-state index in [0.29, 0.717) is 6.07 Å². The van der Waals surface area contributed by atoms with Crippen molar-refractivity contribution in [3.05, 3.63) is 29.1 Å². The lowest BCUT2D eigenvalue weighted by atomic mass is 10.1. The molecule has 0 saturated carbocycles. The Kier molecular flexibility index (Phi) is 4.37. The highest BCUT2D eigenvalue weighted by Crippen LogP contribution is 2.27. The van der Waals surface area contributed by atoms with Crippen LogP contribution >= 0.6 is 11.8 Å². The first-order chi connectivity index (χ1) is 7.52. The number of Topliss-reactive ketones (excluding diaryl/α,β-unsaturated/α-hetero) is 1. The molecule has 0 aliphatic heterocycles. The number of benzene rings is 1. The van der Waals surface area contributed by atoms with Crippen LogP contribution in [-0.2, 0) is 0 Å². The molecule has 1 aromatic rings. The summed E-state index contributed by atoms with van der Waals surface area (Å²) in [5.74, 6) is -4.28. The molecule has 1 aromatic carbocycles. The van der Waals surface area contributed by atoms with Crippen molar-refractivity contribution >= 4 is 17.5 Å². The van der Waals surface area contributed by atoms with Crippen molar-refractivity contribution < 1.29 is 18.0 Å². The van der Waals surface area contributed by atoms with E-state index in [1.165, 1.54) is 6.26 Å². The molecule has 0 spiro atoms. The molecule has 0 aromatic heterocycles. The SMILES string of the molecule is CSc1c(F)cc(C(=O)CCN)c(F)c1F. The lowest BCUT2D eigenvalue weighted by Gasteiger charge is -2.07. The number of carbonyl (C=O) groups is 1. The first-order valence-electron chi connectivity index (χ1n) is 4.47. The number of thioether (sulfide) groups is 1. The summed E-state index contributed by atoms with van der Waals surface area (Å²) in [6.45, 7) is 0.00574. The average molecular weight is 249 g/mol. The summed E-state index contributed by atoms with van der Waals surface area (Å²) in [6, 6.07) is 0.711. The Morgan fingerprint density at radius 2 is 2.00 bits per heavy atom. The predicted molar refractivity (Wildman–Crippen MR) is 56.1 cm³/mol. The normalized spacial score (nSPS) is 10.6. The second kappa shape index (κ2) is 5.36. The molecule has 0 bridgehead atoms. The molecule has 0 radical (unpaired) electrons. The Morgan fingerprint density at radius 1 is 1.38 bits per heavy atom. The number of hydrogen-bond acceptors (Lipinski definition) is 3.